The maximum Gasteiger partial charge on any atom is 0.257 e. The van der Waals surface area contributed by atoms with Crippen LogP contribution < -0.4 is 10.1 Å². The highest BCUT2D eigenvalue weighted by atomic mass is 79.9. The lowest BCUT2D eigenvalue weighted by Crippen LogP contribution is -2.30. The molecular weight excluding hydrogens is 314 g/mol. The molecule has 0 saturated carbocycles. The molecule has 0 heterocycles. The Balaban J connectivity index is 2.45. The molecule has 0 bridgehead atoms. The molecule has 0 radical (unpaired) electrons. The van der Waals surface area contributed by atoms with Crippen LogP contribution in [-0.4, -0.2) is 24.8 Å². The fourth-order valence-electron chi connectivity index (χ4n) is 0.982. The van der Waals surface area contributed by atoms with Crippen molar-refractivity contribution in [1.29, 1.82) is 0 Å². The minimum Gasteiger partial charge on any atom is -0.482 e. The summed E-state index contributed by atoms with van der Waals surface area (Å²) in [6.07, 6.45) is 0. The Kier molecular flexibility index (Phi) is 6.01. The lowest BCUT2D eigenvalue weighted by molar-refractivity contribution is -0.122. The minimum atomic E-state index is -0.187. The van der Waals surface area contributed by atoms with Crippen LogP contribution >= 0.6 is 40.2 Å². The van der Waals surface area contributed by atoms with Crippen molar-refractivity contribution in [3.05, 3.63) is 27.7 Å². The van der Waals surface area contributed by atoms with Gasteiger partial charge in [-0.3, -0.25) is 4.79 Å². The SMILES string of the molecule is O=C(COc1ccc(Br)cc1Cl)NCCS. The molecule has 1 rings (SSSR count). The summed E-state index contributed by atoms with van der Waals surface area (Å²) in [5.74, 6) is 0.907. The van der Waals surface area contributed by atoms with Gasteiger partial charge in [0.2, 0.25) is 0 Å². The molecule has 1 aromatic carbocycles. The smallest absolute Gasteiger partial charge is 0.257 e. The van der Waals surface area contributed by atoms with Crippen molar-refractivity contribution in [2.24, 2.45) is 0 Å². The molecule has 0 spiro atoms. The summed E-state index contributed by atoms with van der Waals surface area (Å²) in [5.41, 5.74) is 0. The zero-order valence-electron chi connectivity index (χ0n) is 8.37. The topological polar surface area (TPSA) is 38.3 Å². The third kappa shape index (κ3) is 4.63. The zero-order chi connectivity index (χ0) is 12.0. The molecule has 0 saturated heterocycles. The Morgan fingerprint density at radius 3 is 2.94 bits per heavy atom. The van der Waals surface area contributed by atoms with Crippen molar-refractivity contribution in [3.8, 4) is 5.75 Å². The number of ether oxygens (including phenoxy) is 1. The second-order valence-electron chi connectivity index (χ2n) is 2.94. The first-order valence-corrected chi connectivity index (χ1v) is 6.39. The number of carbonyl (C=O) groups is 1. The molecule has 16 heavy (non-hydrogen) atoms. The fraction of sp³-hybridized carbons (Fsp3) is 0.300. The van der Waals surface area contributed by atoms with Crippen molar-refractivity contribution in [2.75, 3.05) is 18.9 Å². The van der Waals surface area contributed by atoms with E-state index in [4.69, 9.17) is 16.3 Å². The van der Waals surface area contributed by atoms with Crippen LogP contribution in [0.3, 0.4) is 0 Å². The molecule has 0 atom stereocenters. The van der Waals surface area contributed by atoms with Crippen molar-refractivity contribution in [3.63, 3.8) is 0 Å². The van der Waals surface area contributed by atoms with Crippen LogP contribution in [0, 0.1) is 0 Å². The first-order valence-electron chi connectivity index (χ1n) is 4.59. The molecule has 1 amide bonds. The molecule has 0 aliphatic heterocycles. The van der Waals surface area contributed by atoms with E-state index in [1.807, 2.05) is 0 Å². The normalized spacial score (nSPS) is 9.94. The molecule has 0 aliphatic rings. The standard InChI is InChI=1S/C10H11BrClNO2S/c11-7-1-2-9(8(12)5-7)15-6-10(14)13-3-4-16/h1-2,5,16H,3-4,6H2,(H,13,14). The second kappa shape index (κ2) is 7.04. The van der Waals surface area contributed by atoms with Crippen LogP contribution in [0.25, 0.3) is 0 Å². The second-order valence-corrected chi connectivity index (χ2v) is 4.71. The summed E-state index contributed by atoms with van der Waals surface area (Å²) in [6, 6.07) is 5.22. The third-order valence-electron chi connectivity index (χ3n) is 1.69. The van der Waals surface area contributed by atoms with Crippen molar-refractivity contribution >= 4 is 46.1 Å². The number of nitrogens with one attached hydrogen (secondary N) is 1. The van der Waals surface area contributed by atoms with Crippen molar-refractivity contribution in [2.45, 2.75) is 0 Å². The van der Waals surface area contributed by atoms with Gasteiger partial charge in [0.25, 0.3) is 5.91 Å². The molecule has 3 nitrogen and oxygen atoms in total. The summed E-state index contributed by atoms with van der Waals surface area (Å²) in [5, 5.41) is 3.11. The van der Waals surface area contributed by atoms with Crippen LogP contribution in [0.4, 0.5) is 0 Å². The largest absolute Gasteiger partial charge is 0.482 e. The molecule has 0 fully saturated rings. The van der Waals surface area contributed by atoms with Gasteiger partial charge in [0.05, 0.1) is 5.02 Å². The van der Waals surface area contributed by atoms with Crippen LogP contribution in [-0.2, 0) is 4.79 Å². The van der Waals surface area contributed by atoms with Crippen LogP contribution in [0.2, 0.25) is 5.02 Å². The van der Waals surface area contributed by atoms with E-state index in [2.05, 4.69) is 33.9 Å². The predicted octanol–water partition coefficient (Wildman–Crippen LogP) is 2.53. The number of benzene rings is 1. The number of hydrogen-bond acceptors (Lipinski definition) is 3. The third-order valence-corrected chi connectivity index (χ3v) is 2.70. The maximum absolute atomic E-state index is 11.2. The molecule has 6 heteroatoms. The van der Waals surface area contributed by atoms with Gasteiger partial charge in [-0.1, -0.05) is 27.5 Å². The van der Waals surface area contributed by atoms with Crippen molar-refractivity contribution < 1.29 is 9.53 Å². The Morgan fingerprint density at radius 2 is 2.31 bits per heavy atom. The van der Waals surface area contributed by atoms with E-state index < -0.39 is 0 Å². The Morgan fingerprint density at radius 1 is 1.56 bits per heavy atom. The van der Waals surface area contributed by atoms with E-state index >= 15 is 0 Å². The first kappa shape index (κ1) is 13.7. The molecule has 0 unspecified atom stereocenters. The van der Waals surface area contributed by atoms with Gasteiger partial charge in [-0.15, -0.1) is 0 Å². The van der Waals surface area contributed by atoms with Crippen molar-refractivity contribution in [1.82, 2.24) is 5.32 Å². The Hall–Kier alpha value is -0.390. The average molecular weight is 325 g/mol. The van der Waals surface area contributed by atoms with E-state index in [1.54, 1.807) is 18.2 Å². The Bertz CT molecular complexity index is 376. The molecule has 0 aliphatic carbocycles. The number of halogens is 2. The van der Waals surface area contributed by atoms with E-state index in [0.717, 1.165) is 4.47 Å². The predicted molar refractivity (Wildman–Crippen MR) is 71.5 cm³/mol. The van der Waals surface area contributed by atoms with Crippen LogP contribution in [0.1, 0.15) is 0 Å². The number of thiol groups is 1. The molecule has 1 N–H and O–H groups in total. The summed E-state index contributed by atoms with van der Waals surface area (Å²) in [4.78, 5) is 11.2. The summed E-state index contributed by atoms with van der Waals surface area (Å²) < 4.78 is 6.13. The molecule has 1 aromatic rings. The minimum absolute atomic E-state index is 0.0465. The summed E-state index contributed by atoms with van der Waals surface area (Å²) in [6.45, 7) is 0.481. The van der Waals surface area contributed by atoms with E-state index in [0.29, 0.717) is 23.1 Å². The summed E-state index contributed by atoms with van der Waals surface area (Å²) >= 11 is 13.2. The highest BCUT2D eigenvalue weighted by molar-refractivity contribution is 9.10. The monoisotopic (exact) mass is 323 g/mol. The lowest BCUT2D eigenvalue weighted by atomic mass is 10.3. The molecular formula is C10H11BrClNO2S. The number of rotatable bonds is 5. The zero-order valence-corrected chi connectivity index (χ0v) is 11.6. The van der Waals surface area contributed by atoms with Gasteiger partial charge in [0.1, 0.15) is 5.75 Å². The van der Waals surface area contributed by atoms with E-state index in [9.17, 15) is 4.79 Å². The number of amides is 1. The first-order chi connectivity index (χ1) is 7.63. The van der Waals surface area contributed by atoms with Gasteiger partial charge in [-0.2, -0.15) is 12.6 Å². The average Bonchev–Trinajstić information content (AvgIpc) is 2.25. The van der Waals surface area contributed by atoms with Gasteiger partial charge in [0, 0.05) is 16.8 Å². The Labute approximate surface area is 113 Å². The van der Waals surface area contributed by atoms with Gasteiger partial charge in [-0.05, 0) is 18.2 Å². The van der Waals surface area contributed by atoms with E-state index in [-0.39, 0.29) is 12.5 Å². The van der Waals surface area contributed by atoms with Crippen LogP contribution in [0.15, 0.2) is 22.7 Å². The summed E-state index contributed by atoms with van der Waals surface area (Å²) in [7, 11) is 0. The highest BCUT2D eigenvalue weighted by Crippen LogP contribution is 2.27. The number of hydrogen-bond donors (Lipinski definition) is 2. The van der Waals surface area contributed by atoms with Gasteiger partial charge < -0.3 is 10.1 Å². The maximum atomic E-state index is 11.2. The van der Waals surface area contributed by atoms with Gasteiger partial charge in [-0.25, -0.2) is 0 Å². The quantitative estimate of drug-likeness (QED) is 0.817. The van der Waals surface area contributed by atoms with Gasteiger partial charge in [0.15, 0.2) is 6.61 Å². The van der Waals surface area contributed by atoms with Gasteiger partial charge >= 0.3 is 0 Å². The number of carbonyl (C=O) groups excluding carboxylic acids is 1. The van der Waals surface area contributed by atoms with Crippen LogP contribution in [0.5, 0.6) is 5.75 Å². The lowest BCUT2D eigenvalue weighted by Gasteiger charge is -2.08. The van der Waals surface area contributed by atoms with E-state index in [1.165, 1.54) is 0 Å². The highest BCUT2D eigenvalue weighted by Gasteiger charge is 2.05. The fourth-order valence-corrected chi connectivity index (χ4v) is 1.82. The molecule has 88 valence electrons. The molecule has 0 aromatic heterocycles.